The smallest absolute Gasteiger partial charge is 0.371 e. The Hall–Kier alpha value is -3.13. The summed E-state index contributed by atoms with van der Waals surface area (Å²) in [6.07, 6.45) is 0. The van der Waals surface area contributed by atoms with Crippen molar-refractivity contribution < 1.29 is 28.2 Å². The molecule has 0 radical (unpaired) electrons. The number of para-hydroxylation sites is 1. The molecule has 8 heteroatoms. The van der Waals surface area contributed by atoms with E-state index in [9.17, 15) is 23.1 Å². The number of aliphatic hydroxyl groups is 1. The summed E-state index contributed by atoms with van der Waals surface area (Å²) < 4.78 is 27.1. The highest BCUT2D eigenvalue weighted by Gasteiger charge is 2.37. The van der Waals surface area contributed by atoms with Gasteiger partial charge in [-0.05, 0) is 31.2 Å². The molecule has 7 nitrogen and oxygen atoms in total. The first-order valence-corrected chi connectivity index (χ1v) is 9.06. The average Bonchev–Trinajstić information content (AvgIpc) is 2.62. The van der Waals surface area contributed by atoms with E-state index in [0.717, 1.165) is 9.87 Å². The molecule has 0 saturated carbocycles. The van der Waals surface area contributed by atoms with Crippen LogP contribution >= 0.6 is 0 Å². The van der Waals surface area contributed by atoms with Gasteiger partial charge >= 0.3 is 5.97 Å². The molecule has 0 unspecified atom stereocenters. The van der Waals surface area contributed by atoms with Gasteiger partial charge in [-0.25, -0.2) is 13.2 Å². The van der Waals surface area contributed by atoms with Gasteiger partial charge in [0.1, 0.15) is 0 Å². The van der Waals surface area contributed by atoms with Gasteiger partial charge in [0.05, 0.1) is 22.7 Å². The van der Waals surface area contributed by atoms with Crippen LogP contribution in [0.1, 0.15) is 15.9 Å². The minimum Gasteiger partial charge on any atom is -0.501 e. The highest BCUT2D eigenvalue weighted by atomic mass is 32.2. The molecule has 2 aromatic carbocycles. The third-order valence-corrected chi connectivity index (χ3v) is 5.86. The van der Waals surface area contributed by atoms with E-state index >= 15 is 0 Å². The van der Waals surface area contributed by atoms with Crippen molar-refractivity contribution in [2.45, 2.75) is 11.8 Å². The third-order valence-electron chi connectivity index (χ3n) is 4.09. The van der Waals surface area contributed by atoms with E-state index in [0.29, 0.717) is 0 Å². The van der Waals surface area contributed by atoms with Gasteiger partial charge in [0.15, 0.2) is 5.78 Å². The Morgan fingerprint density at radius 1 is 1.04 bits per heavy atom. The van der Waals surface area contributed by atoms with Crippen LogP contribution in [0.15, 0.2) is 64.8 Å². The normalized spacial score (nSPS) is 16.2. The largest absolute Gasteiger partial charge is 0.501 e. The number of carboxylic acids is 1. The lowest BCUT2D eigenvalue weighted by atomic mass is 9.96. The Balaban J connectivity index is 2.22. The van der Waals surface area contributed by atoms with Crippen LogP contribution in [0.25, 0.3) is 0 Å². The van der Waals surface area contributed by atoms with Gasteiger partial charge in [-0.1, -0.05) is 29.8 Å². The predicted octanol–water partition coefficient (Wildman–Crippen LogP) is 2.28. The van der Waals surface area contributed by atoms with E-state index in [-0.39, 0.29) is 16.1 Å². The molecule has 0 aliphatic carbocycles. The molecule has 0 atom stereocenters. The highest BCUT2D eigenvalue weighted by Crippen LogP contribution is 2.34. The molecule has 1 aliphatic heterocycles. The SMILES string of the molecule is Cc1ccc(S(=O)(=O)N2C/C(=C(/O)C(=O)O)C(=O)c3ccccc32)cc1. The number of carbonyl (C=O) groups is 2. The van der Waals surface area contributed by atoms with Crippen LogP contribution in [0.4, 0.5) is 5.69 Å². The molecule has 0 amide bonds. The second-order valence-corrected chi connectivity index (χ2v) is 7.67. The van der Waals surface area contributed by atoms with Gasteiger partial charge < -0.3 is 10.2 Å². The van der Waals surface area contributed by atoms with E-state index < -0.39 is 39.7 Å². The van der Waals surface area contributed by atoms with E-state index in [2.05, 4.69) is 0 Å². The summed E-state index contributed by atoms with van der Waals surface area (Å²) in [6, 6.07) is 12.1. The zero-order chi connectivity index (χ0) is 19.1. The van der Waals surface area contributed by atoms with Gasteiger partial charge in [0.2, 0.25) is 5.76 Å². The number of hydrogen-bond donors (Lipinski definition) is 2. The lowest BCUT2D eigenvalue weighted by Gasteiger charge is -2.31. The van der Waals surface area contributed by atoms with Crippen LogP contribution in [0, 0.1) is 6.92 Å². The molecule has 0 saturated heterocycles. The first-order chi connectivity index (χ1) is 12.2. The number of rotatable bonds is 3. The van der Waals surface area contributed by atoms with Crippen molar-refractivity contribution in [1.82, 2.24) is 0 Å². The fourth-order valence-electron chi connectivity index (χ4n) is 2.71. The predicted molar refractivity (Wildman–Crippen MR) is 93.8 cm³/mol. The number of nitrogens with zero attached hydrogens (tertiary/aromatic N) is 1. The Morgan fingerprint density at radius 2 is 1.65 bits per heavy atom. The van der Waals surface area contributed by atoms with Gasteiger partial charge in [-0.15, -0.1) is 0 Å². The van der Waals surface area contributed by atoms with Crippen molar-refractivity contribution in [1.29, 1.82) is 0 Å². The van der Waals surface area contributed by atoms with Gasteiger partial charge in [-0.2, -0.15) is 0 Å². The Kier molecular flexibility index (Phi) is 4.29. The van der Waals surface area contributed by atoms with Crippen LogP contribution in [0.3, 0.4) is 0 Å². The van der Waals surface area contributed by atoms with Crippen molar-refractivity contribution in [3.63, 3.8) is 0 Å². The minimum absolute atomic E-state index is 0.00131. The summed E-state index contributed by atoms with van der Waals surface area (Å²) in [4.78, 5) is 23.6. The molecule has 0 aromatic heterocycles. The number of carbonyl (C=O) groups excluding carboxylic acids is 1. The van der Waals surface area contributed by atoms with E-state index in [1.165, 1.54) is 30.3 Å². The molecule has 134 valence electrons. The number of hydrogen-bond acceptors (Lipinski definition) is 5. The topological polar surface area (TPSA) is 112 Å². The molecule has 0 spiro atoms. The summed E-state index contributed by atoms with van der Waals surface area (Å²) in [6.45, 7) is 1.25. The summed E-state index contributed by atoms with van der Waals surface area (Å²) >= 11 is 0. The summed E-state index contributed by atoms with van der Waals surface area (Å²) in [5, 5.41) is 18.8. The number of ketones is 1. The van der Waals surface area contributed by atoms with Crippen molar-refractivity contribution in [3.05, 3.63) is 71.0 Å². The molecule has 3 rings (SSSR count). The fraction of sp³-hybridized carbons (Fsp3) is 0.111. The standard InChI is InChI=1S/C18H15NO6S/c1-11-6-8-12(9-7-11)26(24,25)19-10-14(17(21)18(22)23)16(20)13-4-2-3-5-15(13)19/h2-9,21H,10H2,1H3,(H,22,23)/b17-14-. The van der Waals surface area contributed by atoms with Crippen LogP contribution in [-0.2, 0) is 14.8 Å². The van der Waals surface area contributed by atoms with Crippen LogP contribution < -0.4 is 4.31 Å². The highest BCUT2D eigenvalue weighted by molar-refractivity contribution is 7.92. The Morgan fingerprint density at radius 3 is 2.27 bits per heavy atom. The second-order valence-electron chi connectivity index (χ2n) is 5.80. The van der Waals surface area contributed by atoms with E-state index in [4.69, 9.17) is 5.11 Å². The summed E-state index contributed by atoms with van der Waals surface area (Å²) in [7, 11) is -4.06. The number of anilines is 1. The first kappa shape index (κ1) is 17.7. The number of fused-ring (bicyclic) bond motifs is 1. The minimum atomic E-state index is -4.06. The lowest BCUT2D eigenvalue weighted by molar-refractivity contribution is -0.135. The molecular formula is C18H15NO6S. The van der Waals surface area contributed by atoms with Gasteiger partial charge in [-0.3, -0.25) is 9.10 Å². The number of benzene rings is 2. The van der Waals surface area contributed by atoms with Gasteiger partial charge in [0.25, 0.3) is 10.0 Å². The quantitative estimate of drug-likeness (QED) is 0.631. The van der Waals surface area contributed by atoms with Crippen LogP contribution in [0.2, 0.25) is 0 Å². The van der Waals surface area contributed by atoms with Crippen molar-refractivity contribution in [2.75, 3.05) is 10.8 Å². The second kappa shape index (κ2) is 6.30. The maximum Gasteiger partial charge on any atom is 0.371 e. The zero-order valence-electron chi connectivity index (χ0n) is 13.7. The Bertz CT molecular complexity index is 1040. The van der Waals surface area contributed by atoms with Crippen LogP contribution in [-0.4, -0.2) is 36.9 Å². The first-order valence-electron chi connectivity index (χ1n) is 7.62. The summed E-state index contributed by atoms with van der Waals surface area (Å²) in [5.74, 6) is -3.56. The maximum absolute atomic E-state index is 13.1. The number of sulfonamides is 1. The van der Waals surface area contributed by atoms with Crippen LogP contribution in [0.5, 0.6) is 0 Å². The monoisotopic (exact) mass is 373 g/mol. The molecular weight excluding hydrogens is 358 g/mol. The molecule has 2 aromatic rings. The molecule has 1 aliphatic rings. The summed E-state index contributed by atoms with van der Waals surface area (Å²) in [5.41, 5.74) is 0.548. The number of Topliss-reactive ketones (excluding diaryl/α,β-unsaturated/α-hetero) is 1. The van der Waals surface area contributed by atoms with Gasteiger partial charge in [0, 0.05) is 5.56 Å². The maximum atomic E-state index is 13.1. The Labute approximate surface area is 149 Å². The third kappa shape index (κ3) is 2.84. The molecule has 0 bridgehead atoms. The van der Waals surface area contributed by atoms with Crippen molar-refractivity contribution >= 4 is 27.5 Å². The van der Waals surface area contributed by atoms with Crippen molar-refractivity contribution in [2.24, 2.45) is 0 Å². The van der Waals surface area contributed by atoms with E-state index in [1.54, 1.807) is 18.2 Å². The van der Waals surface area contributed by atoms with E-state index in [1.807, 2.05) is 6.92 Å². The average molecular weight is 373 g/mol. The molecule has 2 N–H and O–H groups in total. The lowest BCUT2D eigenvalue weighted by Crippen LogP contribution is -2.39. The molecule has 0 fully saturated rings. The zero-order valence-corrected chi connectivity index (χ0v) is 14.5. The molecule has 1 heterocycles. The van der Waals surface area contributed by atoms with Crippen molar-refractivity contribution in [3.8, 4) is 0 Å². The number of aliphatic carboxylic acids is 1. The number of aliphatic hydroxyl groups excluding tert-OH is 1. The number of carboxylic acid groups (broad SMARTS) is 1. The fourth-order valence-corrected chi connectivity index (χ4v) is 4.16. The molecule has 26 heavy (non-hydrogen) atoms. The number of aryl methyl sites for hydroxylation is 1.